The largest absolute Gasteiger partial charge is 0.354 e. The average Bonchev–Trinajstić information content (AvgIpc) is 2.58. The lowest BCUT2D eigenvalue weighted by Gasteiger charge is -2.70. The molecular weight excluding hydrogens is 295 g/mol. The Labute approximate surface area is 96.3 Å². The lowest BCUT2D eigenvalue weighted by atomic mass is 9.44. The van der Waals surface area contributed by atoms with Gasteiger partial charge in [0.05, 0.1) is 6.10 Å². The first-order valence-corrected chi connectivity index (χ1v) is 6.01. The van der Waals surface area contributed by atoms with E-state index >= 15 is 0 Å². The van der Waals surface area contributed by atoms with Gasteiger partial charge < -0.3 is 10.1 Å². The number of halogens is 1. The molecule has 0 spiro atoms. The highest BCUT2D eigenvalue weighted by Gasteiger charge is 2.69. The van der Waals surface area contributed by atoms with Gasteiger partial charge in [-0.05, 0) is 26.2 Å². The lowest BCUT2D eigenvalue weighted by Crippen LogP contribution is -2.83. The summed E-state index contributed by atoms with van der Waals surface area (Å²) < 4.78 is 5.39. The van der Waals surface area contributed by atoms with Crippen molar-refractivity contribution in [3.63, 3.8) is 0 Å². The van der Waals surface area contributed by atoms with Crippen LogP contribution in [0, 0.1) is 0 Å². The number of epoxide rings is 1. The molecule has 2 N–H and O–H groups in total. The molecule has 1 saturated heterocycles. The quantitative estimate of drug-likeness (QED) is 0.356. The number of ether oxygens (including phenoxy) is 1. The molecule has 3 saturated carbocycles. The molecule has 2 unspecified atom stereocenters. The van der Waals surface area contributed by atoms with E-state index in [1.54, 1.807) is 22.6 Å². The second-order valence-electron chi connectivity index (χ2n) is 4.90. The highest BCUT2D eigenvalue weighted by molar-refractivity contribution is 14.1. The van der Waals surface area contributed by atoms with Crippen LogP contribution in [0.1, 0.15) is 26.2 Å². The fourth-order valence-corrected chi connectivity index (χ4v) is 3.49. The minimum Gasteiger partial charge on any atom is -0.354 e. The van der Waals surface area contributed by atoms with Crippen LogP contribution in [-0.4, -0.2) is 27.3 Å². The smallest absolute Gasteiger partial charge is 0.281 e. The number of nitrogens with one attached hydrogen (secondary N) is 2. The van der Waals surface area contributed by atoms with E-state index in [0.29, 0.717) is 6.10 Å². The maximum Gasteiger partial charge on any atom is 0.281 e. The molecule has 4 aliphatic rings. The van der Waals surface area contributed by atoms with Crippen molar-refractivity contribution in [3.05, 3.63) is 0 Å². The molecule has 5 heteroatoms. The zero-order chi connectivity index (χ0) is 9.97. The maximum absolute atomic E-state index is 10.9. The van der Waals surface area contributed by atoms with Gasteiger partial charge in [-0.15, -0.1) is 0 Å². The van der Waals surface area contributed by atoms with Crippen LogP contribution in [-0.2, 0) is 4.74 Å². The van der Waals surface area contributed by atoms with Crippen LogP contribution in [0.3, 0.4) is 0 Å². The van der Waals surface area contributed by atoms with E-state index in [9.17, 15) is 4.79 Å². The van der Waals surface area contributed by atoms with Crippen molar-refractivity contribution in [2.45, 2.75) is 49.6 Å². The predicted octanol–water partition coefficient (Wildman–Crippen LogP) is 1.14. The molecule has 2 bridgehead atoms. The van der Waals surface area contributed by atoms with Crippen molar-refractivity contribution < 1.29 is 9.53 Å². The molecule has 1 heterocycles. The van der Waals surface area contributed by atoms with Crippen molar-refractivity contribution in [1.82, 2.24) is 10.6 Å². The van der Waals surface area contributed by atoms with Gasteiger partial charge in [0.1, 0.15) is 6.23 Å². The monoisotopic (exact) mass is 308 g/mol. The molecule has 1 amide bonds. The van der Waals surface area contributed by atoms with Crippen molar-refractivity contribution >= 4 is 26.5 Å². The number of carbonyl (C=O) groups excluding carboxylic acids is 1. The minimum atomic E-state index is 0.0620. The van der Waals surface area contributed by atoms with Crippen molar-refractivity contribution in [1.29, 1.82) is 0 Å². The van der Waals surface area contributed by atoms with Gasteiger partial charge in [0.15, 0.2) is 0 Å². The van der Waals surface area contributed by atoms with Gasteiger partial charge >= 0.3 is 0 Å². The van der Waals surface area contributed by atoms with E-state index < -0.39 is 0 Å². The van der Waals surface area contributed by atoms with Gasteiger partial charge in [-0.1, -0.05) is 0 Å². The van der Waals surface area contributed by atoms with Gasteiger partial charge in [0.2, 0.25) is 0 Å². The Morgan fingerprint density at radius 1 is 1.43 bits per heavy atom. The molecule has 3 aliphatic carbocycles. The third kappa shape index (κ3) is 1.29. The highest BCUT2D eigenvalue weighted by atomic mass is 127. The Kier molecular flexibility index (Phi) is 1.75. The Morgan fingerprint density at radius 3 is 2.43 bits per heavy atom. The second kappa shape index (κ2) is 2.62. The molecule has 4 rings (SSSR count). The summed E-state index contributed by atoms with van der Waals surface area (Å²) >= 11 is 1.80. The van der Waals surface area contributed by atoms with Crippen molar-refractivity contribution in [2.24, 2.45) is 0 Å². The summed E-state index contributed by atoms with van der Waals surface area (Å²) in [5, 5.41) is 6.52. The summed E-state index contributed by atoms with van der Waals surface area (Å²) in [6.45, 7) is 2.07. The van der Waals surface area contributed by atoms with Crippen LogP contribution in [0.4, 0.5) is 4.79 Å². The second-order valence-corrected chi connectivity index (χ2v) is 5.88. The standard InChI is InChI=1S/C9H13IN2O2/c1-5-6(14-5)11-8-2-9(3-8,4-8)12-7(10)13/h5-6,11H,2-4H2,1H3,(H,12,13). The van der Waals surface area contributed by atoms with Gasteiger partial charge in [-0.3, -0.25) is 10.1 Å². The Hall–Kier alpha value is 0.120. The molecule has 1 aliphatic heterocycles. The molecule has 0 aromatic carbocycles. The predicted molar refractivity (Wildman–Crippen MR) is 59.3 cm³/mol. The minimum absolute atomic E-state index is 0.0620. The van der Waals surface area contributed by atoms with Crippen LogP contribution < -0.4 is 10.6 Å². The first-order valence-electron chi connectivity index (χ1n) is 4.94. The maximum atomic E-state index is 10.9. The molecule has 0 radical (unpaired) electrons. The third-order valence-corrected chi connectivity index (χ3v) is 3.82. The molecule has 0 aromatic heterocycles. The van der Waals surface area contributed by atoms with Gasteiger partial charge in [0.25, 0.3) is 3.91 Å². The van der Waals surface area contributed by atoms with Gasteiger partial charge in [-0.25, -0.2) is 0 Å². The number of hydrogen-bond donors (Lipinski definition) is 2. The Balaban J connectivity index is 1.51. The van der Waals surface area contributed by atoms with E-state index in [4.69, 9.17) is 4.74 Å². The molecule has 2 atom stereocenters. The zero-order valence-corrected chi connectivity index (χ0v) is 10.1. The SMILES string of the molecule is CC1OC1NC12CC(NC(=O)I)(C1)C2. The van der Waals surface area contributed by atoms with Crippen molar-refractivity contribution in [3.8, 4) is 0 Å². The van der Waals surface area contributed by atoms with E-state index in [0.717, 1.165) is 19.3 Å². The number of carbonyl (C=O) groups is 1. The van der Waals surface area contributed by atoms with E-state index in [-0.39, 0.29) is 21.2 Å². The molecule has 0 aromatic rings. The number of rotatable bonds is 3. The first-order chi connectivity index (χ1) is 6.53. The van der Waals surface area contributed by atoms with Gasteiger partial charge in [-0.2, -0.15) is 0 Å². The third-order valence-electron chi connectivity index (χ3n) is 3.55. The number of hydrogen-bond acceptors (Lipinski definition) is 3. The molecule has 78 valence electrons. The first kappa shape index (κ1) is 9.35. The fraction of sp³-hybridized carbons (Fsp3) is 0.889. The van der Waals surface area contributed by atoms with Crippen LogP contribution in [0.25, 0.3) is 0 Å². The fourth-order valence-electron chi connectivity index (χ4n) is 2.92. The molecule has 4 nitrogen and oxygen atoms in total. The molecule has 4 fully saturated rings. The average molecular weight is 308 g/mol. The van der Waals surface area contributed by atoms with Crippen LogP contribution >= 0.6 is 22.6 Å². The van der Waals surface area contributed by atoms with E-state index in [1.165, 1.54) is 0 Å². The van der Waals surface area contributed by atoms with Crippen LogP contribution in [0.5, 0.6) is 0 Å². The summed E-state index contributed by atoms with van der Waals surface area (Å²) in [5.74, 6) is 0. The van der Waals surface area contributed by atoms with Gasteiger partial charge in [0, 0.05) is 33.7 Å². The Morgan fingerprint density at radius 2 is 2.00 bits per heavy atom. The number of amides is 1. The normalized spacial score (nSPS) is 53.0. The van der Waals surface area contributed by atoms with E-state index in [1.807, 2.05) is 0 Å². The van der Waals surface area contributed by atoms with E-state index in [2.05, 4.69) is 17.6 Å². The Bertz CT molecular complexity index is 287. The summed E-state index contributed by atoms with van der Waals surface area (Å²) in [5.41, 5.74) is 0.415. The van der Waals surface area contributed by atoms with Crippen LogP contribution in [0.2, 0.25) is 0 Å². The zero-order valence-electron chi connectivity index (χ0n) is 7.97. The van der Waals surface area contributed by atoms with Crippen molar-refractivity contribution in [2.75, 3.05) is 0 Å². The summed E-state index contributed by atoms with van der Waals surface area (Å²) in [6.07, 6.45) is 3.85. The topological polar surface area (TPSA) is 53.7 Å². The summed E-state index contributed by atoms with van der Waals surface area (Å²) in [6, 6.07) is 0. The molecular formula is C9H13IN2O2. The lowest BCUT2D eigenvalue weighted by molar-refractivity contribution is -0.100. The summed E-state index contributed by atoms with van der Waals surface area (Å²) in [7, 11) is 0. The highest BCUT2D eigenvalue weighted by Crippen LogP contribution is 2.61. The van der Waals surface area contributed by atoms with Crippen LogP contribution in [0.15, 0.2) is 0 Å². The summed E-state index contributed by atoms with van der Waals surface area (Å²) in [4.78, 5) is 10.9. The molecule has 14 heavy (non-hydrogen) atoms.